The first-order valence-electron chi connectivity index (χ1n) is 7.89. The fourth-order valence-electron chi connectivity index (χ4n) is 2.55. The molecule has 2 rings (SSSR count). The highest BCUT2D eigenvalue weighted by Gasteiger charge is 2.09. The monoisotopic (exact) mass is 293 g/mol. The summed E-state index contributed by atoms with van der Waals surface area (Å²) >= 11 is 0. The van der Waals surface area contributed by atoms with E-state index in [4.69, 9.17) is 0 Å². The van der Waals surface area contributed by atoms with Gasteiger partial charge in [-0.15, -0.1) is 0 Å². The van der Waals surface area contributed by atoms with Crippen LogP contribution in [0.4, 0.5) is 5.82 Å². The van der Waals surface area contributed by atoms with Crippen LogP contribution in [0.25, 0.3) is 0 Å². The van der Waals surface area contributed by atoms with Gasteiger partial charge in [0.15, 0.2) is 5.82 Å². The summed E-state index contributed by atoms with van der Waals surface area (Å²) in [7, 11) is 0. The second-order valence-corrected chi connectivity index (χ2v) is 6.00. The largest absolute Gasteiger partial charge is 0.365 e. The van der Waals surface area contributed by atoms with E-state index >= 15 is 0 Å². The van der Waals surface area contributed by atoms with Crippen LogP contribution in [0.5, 0.6) is 0 Å². The normalized spacial score (nSPS) is 16.3. The summed E-state index contributed by atoms with van der Waals surface area (Å²) in [4.78, 5) is 18.8. The predicted molar refractivity (Wildman–Crippen MR) is 85.8 cm³/mol. The van der Waals surface area contributed by atoms with Crippen LogP contribution in [0.15, 0.2) is 17.2 Å². The first-order chi connectivity index (χ1) is 10.2. The van der Waals surface area contributed by atoms with E-state index in [1.165, 1.54) is 0 Å². The van der Waals surface area contributed by atoms with Crippen LogP contribution >= 0.6 is 0 Å². The highest BCUT2D eigenvalue weighted by Crippen LogP contribution is 1.99. The van der Waals surface area contributed by atoms with Gasteiger partial charge in [-0.25, -0.2) is 4.98 Å². The molecule has 0 aliphatic carbocycles. The van der Waals surface area contributed by atoms with Gasteiger partial charge in [0.25, 0.3) is 5.56 Å². The highest BCUT2D eigenvalue weighted by atomic mass is 16.1. The van der Waals surface area contributed by atoms with Crippen LogP contribution in [0.1, 0.15) is 20.3 Å². The molecule has 21 heavy (non-hydrogen) atoms. The van der Waals surface area contributed by atoms with E-state index in [2.05, 4.69) is 34.4 Å². The molecule has 0 bridgehead atoms. The Hall–Kier alpha value is -1.40. The Morgan fingerprint density at radius 1 is 1.38 bits per heavy atom. The van der Waals surface area contributed by atoms with Crippen molar-refractivity contribution in [1.82, 2.24) is 19.8 Å². The van der Waals surface area contributed by atoms with Crippen molar-refractivity contribution in [2.75, 3.05) is 44.6 Å². The molecule has 2 N–H and O–H groups in total. The summed E-state index contributed by atoms with van der Waals surface area (Å²) in [5.74, 6) is 0.920. The maximum absolute atomic E-state index is 12.2. The summed E-state index contributed by atoms with van der Waals surface area (Å²) in [6.45, 7) is 11.2. The number of hydrogen-bond acceptors (Lipinski definition) is 5. The Balaban J connectivity index is 1.78. The van der Waals surface area contributed by atoms with Gasteiger partial charge < -0.3 is 20.1 Å². The van der Waals surface area contributed by atoms with E-state index in [0.29, 0.717) is 11.7 Å². The number of rotatable bonds is 7. The molecule has 1 aliphatic heterocycles. The summed E-state index contributed by atoms with van der Waals surface area (Å²) in [6, 6.07) is 0. The first-order valence-corrected chi connectivity index (χ1v) is 7.89. The van der Waals surface area contributed by atoms with Crippen molar-refractivity contribution in [3.8, 4) is 0 Å². The highest BCUT2D eigenvalue weighted by molar-refractivity contribution is 5.30. The molecule has 6 nitrogen and oxygen atoms in total. The van der Waals surface area contributed by atoms with E-state index in [9.17, 15) is 4.79 Å². The predicted octanol–water partition coefficient (Wildman–Crippen LogP) is 0.607. The van der Waals surface area contributed by atoms with Crippen LogP contribution in [-0.4, -0.2) is 53.7 Å². The zero-order chi connectivity index (χ0) is 15.1. The van der Waals surface area contributed by atoms with Gasteiger partial charge in [-0.1, -0.05) is 13.8 Å². The topological polar surface area (TPSA) is 62.2 Å². The molecule has 0 saturated carbocycles. The molecule has 1 fully saturated rings. The lowest BCUT2D eigenvalue weighted by Gasteiger charge is -2.27. The second kappa shape index (κ2) is 8.14. The second-order valence-electron chi connectivity index (χ2n) is 6.00. The molecule has 0 aromatic carbocycles. The summed E-state index contributed by atoms with van der Waals surface area (Å²) in [5.41, 5.74) is -0.0200. The van der Waals surface area contributed by atoms with Gasteiger partial charge in [0, 0.05) is 51.7 Å². The molecular formula is C15H27N5O. The van der Waals surface area contributed by atoms with Crippen molar-refractivity contribution >= 4 is 5.82 Å². The Morgan fingerprint density at radius 2 is 2.14 bits per heavy atom. The molecule has 1 aliphatic rings. The molecule has 0 atom stereocenters. The fourth-order valence-corrected chi connectivity index (χ4v) is 2.55. The van der Waals surface area contributed by atoms with Gasteiger partial charge in [0.05, 0.1) is 0 Å². The minimum absolute atomic E-state index is 0.0200. The molecule has 2 heterocycles. The molecule has 1 aromatic heterocycles. The number of nitrogens with one attached hydrogen (secondary N) is 2. The summed E-state index contributed by atoms with van der Waals surface area (Å²) in [5, 5.41) is 6.53. The minimum atomic E-state index is -0.0200. The Kier molecular flexibility index (Phi) is 6.20. The van der Waals surface area contributed by atoms with Gasteiger partial charge in [-0.3, -0.25) is 4.79 Å². The Labute approximate surface area is 126 Å². The summed E-state index contributed by atoms with van der Waals surface area (Å²) < 4.78 is 1.73. The third-order valence-corrected chi connectivity index (χ3v) is 3.63. The van der Waals surface area contributed by atoms with Crippen molar-refractivity contribution in [2.24, 2.45) is 5.92 Å². The van der Waals surface area contributed by atoms with E-state index in [-0.39, 0.29) is 5.56 Å². The van der Waals surface area contributed by atoms with Crippen LogP contribution in [0.2, 0.25) is 0 Å². The van der Waals surface area contributed by atoms with Gasteiger partial charge in [-0.2, -0.15) is 0 Å². The standard InChI is InChI=1S/C15H27N5O/c1-13(2)12-20-11-7-18-14(15(20)21)17-4-3-8-19-9-5-16-6-10-19/h7,11,13,16H,3-6,8-10,12H2,1-2H3,(H,17,18). The minimum Gasteiger partial charge on any atom is -0.365 e. The van der Waals surface area contributed by atoms with E-state index in [0.717, 1.165) is 52.2 Å². The Morgan fingerprint density at radius 3 is 2.86 bits per heavy atom. The first kappa shape index (κ1) is 16.0. The smallest absolute Gasteiger partial charge is 0.293 e. The van der Waals surface area contributed by atoms with Crippen molar-refractivity contribution in [3.63, 3.8) is 0 Å². The van der Waals surface area contributed by atoms with Crippen LogP contribution in [0.3, 0.4) is 0 Å². The molecule has 0 amide bonds. The van der Waals surface area contributed by atoms with Gasteiger partial charge in [-0.05, 0) is 18.9 Å². The average molecular weight is 293 g/mol. The zero-order valence-corrected chi connectivity index (χ0v) is 13.1. The maximum Gasteiger partial charge on any atom is 0.293 e. The lowest BCUT2D eigenvalue weighted by molar-refractivity contribution is 0.240. The number of aromatic nitrogens is 2. The SMILES string of the molecule is CC(C)Cn1ccnc(NCCCN2CCNCC2)c1=O. The molecule has 0 unspecified atom stereocenters. The average Bonchev–Trinajstić information content (AvgIpc) is 2.48. The summed E-state index contributed by atoms with van der Waals surface area (Å²) in [6.07, 6.45) is 4.48. The third-order valence-electron chi connectivity index (χ3n) is 3.63. The zero-order valence-electron chi connectivity index (χ0n) is 13.1. The Bertz CT molecular complexity index is 479. The van der Waals surface area contributed by atoms with Crippen molar-refractivity contribution in [1.29, 1.82) is 0 Å². The van der Waals surface area contributed by atoms with Crippen LogP contribution in [-0.2, 0) is 6.54 Å². The fraction of sp³-hybridized carbons (Fsp3) is 0.733. The van der Waals surface area contributed by atoms with E-state index < -0.39 is 0 Å². The number of anilines is 1. The van der Waals surface area contributed by atoms with Crippen LogP contribution in [0, 0.1) is 5.92 Å². The molecule has 1 aromatic rings. The maximum atomic E-state index is 12.2. The van der Waals surface area contributed by atoms with Gasteiger partial charge in [0.2, 0.25) is 0 Å². The number of piperazine rings is 1. The van der Waals surface area contributed by atoms with Crippen LogP contribution < -0.4 is 16.2 Å². The molecular weight excluding hydrogens is 266 g/mol. The molecule has 0 spiro atoms. The molecule has 6 heteroatoms. The third kappa shape index (κ3) is 5.13. The van der Waals surface area contributed by atoms with Crippen molar-refractivity contribution < 1.29 is 0 Å². The van der Waals surface area contributed by atoms with Crippen molar-refractivity contribution in [2.45, 2.75) is 26.8 Å². The quantitative estimate of drug-likeness (QED) is 0.721. The van der Waals surface area contributed by atoms with E-state index in [1.54, 1.807) is 17.0 Å². The van der Waals surface area contributed by atoms with Crippen molar-refractivity contribution in [3.05, 3.63) is 22.7 Å². The molecule has 0 radical (unpaired) electrons. The van der Waals surface area contributed by atoms with Gasteiger partial charge >= 0.3 is 0 Å². The number of nitrogens with zero attached hydrogens (tertiary/aromatic N) is 3. The lowest BCUT2D eigenvalue weighted by Crippen LogP contribution is -2.44. The van der Waals surface area contributed by atoms with E-state index in [1.807, 2.05) is 0 Å². The van der Waals surface area contributed by atoms with Gasteiger partial charge in [0.1, 0.15) is 0 Å². The number of hydrogen-bond donors (Lipinski definition) is 2. The lowest BCUT2D eigenvalue weighted by atomic mass is 10.2. The molecule has 1 saturated heterocycles. The molecule has 118 valence electrons.